The van der Waals surface area contributed by atoms with Gasteiger partial charge in [0.1, 0.15) is 12.4 Å². The molecule has 0 aliphatic carbocycles. The number of nitrogens with one attached hydrogen (secondary N) is 1. The van der Waals surface area contributed by atoms with E-state index in [9.17, 15) is 4.79 Å². The maximum Gasteiger partial charge on any atom is 0.257 e. The van der Waals surface area contributed by atoms with Crippen molar-refractivity contribution in [1.82, 2.24) is 9.47 Å². The Morgan fingerprint density at radius 2 is 1.53 bits per heavy atom. The minimum atomic E-state index is -0.126. The molecule has 0 unspecified atom stereocenters. The maximum absolute atomic E-state index is 13.6. The molecule has 38 heavy (non-hydrogen) atoms. The Hall–Kier alpha value is -4.13. The monoisotopic (exact) mass is 505 g/mol. The summed E-state index contributed by atoms with van der Waals surface area (Å²) in [4.78, 5) is 16.0. The first-order chi connectivity index (χ1) is 18.8. The summed E-state index contributed by atoms with van der Waals surface area (Å²) in [5.74, 6) is 0.700. The van der Waals surface area contributed by atoms with Crippen molar-refractivity contribution in [2.45, 2.75) is 6.54 Å². The number of fused-ring (bicyclic) bond motifs is 2. The van der Waals surface area contributed by atoms with Crippen LogP contribution in [0.25, 0.3) is 21.7 Å². The van der Waals surface area contributed by atoms with Gasteiger partial charge in [-0.3, -0.25) is 9.69 Å². The van der Waals surface area contributed by atoms with Crippen LogP contribution in [-0.4, -0.2) is 54.8 Å². The van der Waals surface area contributed by atoms with E-state index >= 15 is 0 Å². The molecule has 0 atom stereocenters. The maximum atomic E-state index is 13.6. The molecule has 4 aromatic carbocycles. The number of anilines is 1. The predicted octanol–water partition coefficient (Wildman–Crippen LogP) is 5.81. The average molecular weight is 506 g/mol. The first kappa shape index (κ1) is 24.2. The topological polar surface area (TPSA) is 55.7 Å². The third-order valence-electron chi connectivity index (χ3n) is 7.13. The van der Waals surface area contributed by atoms with Gasteiger partial charge in [0.05, 0.1) is 18.8 Å². The molecule has 0 radical (unpaired) electrons. The van der Waals surface area contributed by atoms with Gasteiger partial charge in [-0.2, -0.15) is 0 Å². The highest BCUT2D eigenvalue weighted by atomic mass is 16.5. The number of benzene rings is 4. The number of rotatable bonds is 8. The van der Waals surface area contributed by atoms with Crippen molar-refractivity contribution in [1.29, 1.82) is 0 Å². The second-order valence-corrected chi connectivity index (χ2v) is 9.59. The second-order valence-electron chi connectivity index (χ2n) is 9.59. The summed E-state index contributed by atoms with van der Waals surface area (Å²) < 4.78 is 13.8. The summed E-state index contributed by atoms with van der Waals surface area (Å²) in [5.41, 5.74) is 3.66. The molecule has 2 heterocycles. The Bertz CT molecular complexity index is 1550. The number of hydrogen-bond acceptors (Lipinski definition) is 4. The number of morpholine rings is 1. The lowest BCUT2D eigenvalue weighted by Gasteiger charge is -2.26. The van der Waals surface area contributed by atoms with Crippen LogP contribution < -0.4 is 10.1 Å². The molecule has 6 rings (SSSR count). The van der Waals surface area contributed by atoms with E-state index in [1.807, 2.05) is 79.0 Å². The van der Waals surface area contributed by atoms with Crippen molar-refractivity contribution in [3.05, 3.63) is 108 Å². The van der Waals surface area contributed by atoms with Crippen LogP contribution in [0.4, 0.5) is 5.69 Å². The molecule has 1 fully saturated rings. The Morgan fingerprint density at radius 3 is 2.34 bits per heavy atom. The molecule has 5 aromatic rings. The van der Waals surface area contributed by atoms with Gasteiger partial charge in [0.25, 0.3) is 5.91 Å². The molecule has 1 aliphatic heterocycles. The van der Waals surface area contributed by atoms with Gasteiger partial charge in [-0.25, -0.2) is 0 Å². The van der Waals surface area contributed by atoms with Crippen LogP contribution in [0.15, 0.2) is 97.2 Å². The lowest BCUT2D eigenvalue weighted by atomic mass is 10.1. The van der Waals surface area contributed by atoms with Crippen LogP contribution in [0.3, 0.4) is 0 Å². The fourth-order valence-corrected chi connectivity index (χ4v) is 5.14. The Balaban J connectivity index is 1.24. The lowest BCUT2D eigenvalue weighted by Crippen LogP contribution is -2.38. The van der Waals surface area contributed by atoms with Crippen molar-refractivity contribution in [3.8, 4) is 5.75 Å². The summed E-state index contributed by atoms with van der Waals surface area (Å²) in [5, 5.41) is 6.06. The van der Waals surface area contributed by atoms with Gasteiger partial charge < -0.3 is 19.4 Å². The third-order valence-corrected chi connectivity index (χ3v) is 7.13. The van der Waals surface area contributed by atoms with E-state index in [-0.39, 0.29) is 5.91 Å². The van der Waals surface area contributed by atoms with Gasteiger partial charge in [-0.1, -0.05) is 72.8 Å². The van der Waals surface area contributed by atoms with E-state index in [0.29, 0.717) is 18.7 Å². The molecular weight excluding hydrogens is 474 g/mol. The number of carbonyl (C=O) groups excluding carboxylic acids is 1. The predicted molar refractivity (Wildman–Crippen MR) is 152 cm³/mol. The lowest BCUT2D eigenvalue weighted by molar-refractivity contribution is 0.0323. The summed E-state index contributed by atoms with van der Waals surface area (Å²) in [6.45, 7) is 5.62. The standard InChI is InChI=1S/C32H31N3O3/c36-32(28-23-35(22-24-8-2-1-3-9-24)30-13-7-6-11-26(28)30)33-29-14-15-31(27-12-5-4-10-25(27)29)38-21-18-34-16-19-37-20-17-34/h1-15,23H,16-22H2,(H,33,36). The Morgan fingerprint density at radius 1 is 0.816 bits per heavy atom. The fraction of sp³-hybridized carbons (Fsp3) is 0.219. The number of hydrogen-bond donors (Lipinski definition) is 1. The number of aromatic nitrogens is 1. The Kier molecular flexibility index (Phi) is 7.07. The van der Waals surface area contributed by atoms with Gasteiger partial charge in [-0.05, 0) is 23.8 Å². The number of ether oxygens (including phenoxy) is 2. The number of nitrogens with zero attached hydrogens (tertiary/aromatic N) is 2. The molecule has 0 spiro atoms. The van der Waals surface area contributed by atoms with E-state index in [0.717, 1.165) is 66.0 Å². The Labute approximate surface area is 222 Å². The quantitative estimate of drug-likeness (QED) is 0.289. The van der Waals surface area contributed by atoms with Crippen molar-refractivity contribution in [2.24, 2.45) is 0 Å². The minimum absolute atomic E-state index is 0.126. The molecular formula is C32H31N3O3. The van der Waals surface area contributed by atoms with Crippen molar-refractivity contribution in [3.63, 3.8) is 0 Å². The van der Waals surface area contributed by atoms with Gasteiger partial charge in [-0.15, -0.1) is 0 Å². The summed E-state index contributed by atoms with van der Waals surface area (Å²) in [6.07, 6.45) is 1.96. The van der Waals surface area contributed by atoms with Crippen molar-refractivity contribution < 1.29 is 14.3 Å². The highest BCUT2D eigenvalue weighted by Crippen LogP contribution is 2.32. The van der Waals surface area contributed by atoms with Gasteiger partial charge in [0.2, 0.25) is 0 Å². The van der Waals surface area contributed by atoms with E-state index in [4.69, 9.17) is 9.47 Å². The van der Waals surface area contributed by atoms with Crippen LogP contribution in [-0.2, 0) is 11.3 Å². The fourth-order valence-electron chi connectivity index (χ4n) is 5.14. The molecule has 1 amide bonds. The SMILES string of the molecule is O=C(Nc1ccc(OCCN2CCOCC2)c2ccccc12)c1cn(Cc2ccccc2)c2ccccc12. The normalized spacial score (nSPS) is 14.1. The van der Waals surface area contributed by atoms with Crippen LogP contribution in [0.1, 0.15) is 15.9 Å². The largest absolute Gasteiger partial charge is 0.492 e. The first-order valence-electron chi connectivity index (χ1n) is 13.1. The van der Waals surface area contributed by atoms with Gasteiger partial charge >= 0.3 is 0 Å². The highest BCUT2D eigenvalue weighted by Gasteiger charge is 2.17. The second kappa shape index (κ2) is 11.1. The molecule has 1 aliphatic rings. The highest BCUT2D eigenvalue weighted by molar-refractivity contribution is 6.15. The molecule has 0 bridgehead atoms. The molecule has 0 saturated carbocycles. The third kappa shape index (κ3) is 5.14. The van der Waals surface area contributed by atoms with Crippen molar-refractivity contribution in [2.75, 3.05) is 44.8 Å². The zero-order chi connectivity index (χ0) is 25.7. The van der Waals surface area contributed by atoms with Crippen LogP contribution in [0, 0.1) is 0 Å². The average Bonchev–Trinajstić information content (AvgIpc) is 3.33. The van der Waals surface area contributed by atoms with Gasteiger partial charge in [0, 0.05) is 59.7 Å². The van der Waals surface area contributed by atoms with Gasteiger partial charge in [0.15, 0.2) is 0 Å². The molecule has 192 valence electrons. The van der Waals surface area contributed by atoms with Crippen LogP contribution >= 0.6 is 0 Å². The van der Waals surface area contributed by atoms with E-state index in [1.165, 1.54) is 5.56 Å². The van der Waals surface area contributed by atoms with Crippen molar-refractivity contribution >= 4 is 33.3 Å². The molecule has 6 heteroatoms. The van der Waals surface area contributed by atoms with Crippen LogP contribution in [0.2, 0.25) is 0 Å². The first-order valence-corrected chi connectivity index (χ1v) is 13.1. The molecule has 1 aromatic heterocycles. The van der Waals surface area contributed by atoms with E-state index < -0.39 is 0 Å². The molecule has 6 nitrogen and oxygen atoms in total. The zero-order valence-corrected chi connectivity index (χ0v) is 21.3. The molecule has 1 saturated heterocycles. The van der Waals surface area contributed by atoms with E-state index in [1.54, 1.807) is 0 Å². The minimum Gasteiger partial charge on any atom is -0.492 e. The summed E-state index contributed by atoms with van der Waals surface area (Å²) in [7, 11) is 0. The summed E-state index contributed by atoms with van der Waals surface area (Å²) in [6, 6.07) is 30.3. The number of para-hydroxylation sites is 1. The summed E-state index contributed by atoms with van der Waals surface area (Å²) >= 11 is 0. The number of amides is 1. The smallest absolute Gasteiger partial charge is 0.257 e. The van der Waals surface area contributed by atoms with E-state index in [2.05, 4.69) is 33.0 Å². The molecule has 1 N–H and O–H groups in total. The van der Waals surface area contributed by atoms with Crippen LogP contribution in [0.5, 0.6) is 5.75 Å². The zero-order valence-electron chi connectivity index (χ0n) is 21.3. The number of carbonyl (C=O) groups is 1.